The largest absolute Gasteiger partial charge is 0.481 e. The first-order valence-corrected chi connectivity index (χ1v) is 5.99. The van der Waals surface area contributed by atoms with Crippen LogP contribution in [0.4, 0.5) is 0 Å². The average Bonchev–Trinajstić information content (AvgIpc) is 2.56. The van der Waals surface area contributed by atoms with Gasteiger partial charge in [-0.25, -0.2) is 0 Å². The molecule has 2 aromatic rings. The van der Waals surface area contributed by atoms with Crippen molar-refractivity contribution in [3.8, 4) is 0 Å². The third kappa shape index (κ3) is 2.58. The Morgan fingerprint density at radius 2 is 2.12 bits per heavy atom. The Morgan fingerprint density at radius 3 is 2.76 bits per heavy atom. The molecule has 1 N–H and O–H groups in total. The second-order valence-electron chi connectivity index (χ2n) is 3.89. The zero-order chi connectivity index (χ0) is 12.4. The van der Waals surface area contributed by atoms with Crippen molar-refractivity contribution < 1.29 is 9.90 Å². The molecule has 3 nitrogen and oxygen atoms in total. The van der Waals surface area contributed by atoms with Crippen molar-refractivity contribution in [2.75, 3.05) is 0 Å². The van der Waals surface area contributed by atoms with E-state index < -0.39 is 5.97 Å². The Morgan fingerprint density at radius 1 is 1.41 bits per heavy atom. The number of carbonyl (C=O) groups is 1. The molecule has 4 heteroatoms. The lowest BCUT2D eigenvalue weighted by Gasteiger charge is -2.02. The van der Waals surface area contributed by atoms with E-state index in [-0.39, 0.29) is 6.42 Å². The average molecular weight is 294 g/mol. The monoisotopic (exact) mass is 293 g/mol. The van der Waals surface area contributed by atoms with Crippen molar-refractivity contribution in [3.63, 3.8) is 0 Å². The van der Waals surface area contributed by atoms with Crippen LogP contribution >= 0.6 is 15.9 Å². The molecule has 0 saturated carbocycles. The van der Waals surface area contributed by atoms with Crippen LogP contribution < -0.4 is 0 Å². The first kappa shape index (κ1) is 11.9. The number of benzene rings is 1. The zero-order valence-corrected chi connectivity index (χ0v) is 10.8. The van der Waals surface area contributed by atoms with Crippen LogP contribution in [-0.2, 0) is 17.8 Å². The summed E-state index contributed by atoms with van der Waals surface area (Å²) in [7, 11) is 0. The van der Waals surface area contributed by atoms with Crippen LogP contribution in [0.15, 0.2) is 41.5 Å². The molecule has 0 atom stereocenters. The highest BCUT2D eigenvalue weighted by Crippen LogP contribution is 2.23. The maximum absolute atomic E-state index is 10.8. The number of para-hydroxylation sites is 1. The molecule has 0 fully saturated rings. The molecule has 88 valence electrons. The van der Waals surface area contributed by atoms with Gasteiger partial charge in [0.1, 0.15) is 0 Å². The summed E-state index contributed by atoms with van der Waals surface area (Å²) in [5, 5.41) is 9.87. The molecule has 0 aliphatic rings. The van der Waals surface area contributed by atoms with Gasteiger partial charge < -0.3 is 9.67 Å². The molecule has 0 amide bonds. The van der Waals surface area contributed by atoms with Gasteiger partial charge in [-0.15, -0.1) is 0 Å². The lowest BCUT2D eigenvalue weighted by molar-refractivity contribution is -0.136. The molecular weight excluding hydrogens is 282 g/mol. The molecule has 0 radical (unpaired) electrons. The van der Waals surface area contributed by atoms with Gasteiger partial charge in [0.05, 0.1) is 13.0 Å². The molecule has 1 heterocycles. The highest BCUT2D eigenvalue weighted by atomic mass is 79.9. The molecule has 2 rings (SSSR count). The molecule has 1 aromatic carbocycles. The van der Waals surface area contributed by atoms with E-state index in [0.29, 0.717) is 6.54 Å². The number of carboxylic acid groups (broad SMARTS) is 1. The van der Waals surface area contributed by atoms with E-state index >= 15 is 0 Å². The molecular formula is C13H12BrNO2. The van der Waals surface area contributed by atoms with Gasteiger partial charge in [0.2, 0.25) is 0 Å². The number of nitrogens with zero attached hydrogens (tertiary/aromatic N) is 1. The molecule has 0 spiro atoms. The maximum atomic E-state index is 10.8. The van der Waals surface area contributed by atoms with E-state index in [0.717, 1.165) is 20.9 Å². The van der Waals surface area contributed by atoms with Crippen LogP contribution in [-0.4, -0.2) is 15.6 Å². The fourth-order valence-electron chi connectivity index (χ4n) is 1.94. The van der Waals surface area contributed by atoms with Gasteiger partial charge in [0, 0.05) is 21.6 Å². The summed E-state index contributed by atoms with van der Waals surface area (Å²) in [6, 6.07) is 7.79. The van der Waals surface area contributed by atoms with Crippen LogP contribution in [0.5, 0.6) is 0 Å². The maximum Gasteiger partial charge on any atom is 0.307 e. The Balaban J connectivity index is 2.53. The summed E-state index contributed by atoms with van der Waals surface area (Å²) in [6.45, 7) is 4.45. The molecule has 0 unspecified atom stereocenters. The van der Waals surface area contributed by atoms with Crippen molar-refractivity contribution in [3.05, 3.63) is 47.1 Å². The first-order valence-electron chi connectivity index (χ1n) is 5.19. The quantitative estimate of drug-likeness (QED) is 0.941. The third-order valence-electron chi connectivity index (χ3n) is 2.55. The van der Waals surface area contributed by atoms with Gasteiger partial charge in [-0.3, -0.25) is 4.79 Å². The number of aromatic nitrogens is 1. The third-order valence-corrected chi connectivity index (χ3v) is 2.81. The first-order chi connectivity index (χ1) is 8.08. The summed E-state index contributed by atoms with van der Waals surface area (Å²) in [6.07, 6.45) is 1.92. The van der Waals surface area contributed by atoms with E-state index in [4.69, 9.17) is 5.11 Å². The van der Waals surface area contributed by atoms with Crippen LogP contribution in [0, 0.1) is 0 Å². The molecule has 0 aliphatic carbocycles. The highest BCUT2D eigenvalue weighted by molar-refractivity contribution is 9.11. The predicted octanol–water partition coefficient (Wildman–Crippen LogP) is 3.18. The second-order valence-corrected chi connectivity index (χ2v) is 5.01. The summed E-state index contributed by atoms with van der Waals surface area (Å²) in [5.41, 5.74) is 1.87. The van der Waals surface area contributed by atoms with E-state index in [1.807, 2.05) is 35.0 Å². The number of fused-ring (bicyclic) bond motifs is 1. The van der Waals surface area contributed by atoms with E-state index in [9.17, 15) is 4.79 Å². The summed E-state index contributed by atoms with van der Waals surface area (Å²) in [5.74, 6) is -0.814. The SMILES string of the molecule is C=C(Br)Cn1cc(CC(=O)O)c2ccccc21. The standard InChI is InChI=1S/C13H12BrNO2/c1-9(14)7-15-8-10(6-13(16)17)11-4-2-3-5-12(11)15/h2-5,8H,1,6-7H2,(H,16,17). The van der Waals surface area contributed by atoms with Gasteiger partial charge in [0.15, 0.2) is 0 Å². The lowest BCUT2D eigenvalue weighted by Crippen LogP contribution is -1.99. The fourth-order valence-corrected chi connectivity index (χ4v) is 2.21. The van der Waals surface area contributed by atoms with E-state index in [2.05, 4.69) is 22.5 Å². The van der Waals surface area contributed by atoms with Crippen LogP contribution in [0.2, 0.25) is 0 Å². The Hall–Kier alpha value is -1.55. The van der Waals surface area contributed by atoms with Gasteiger partial charge >= 0.3 is 5.97 Å². The van der Waals surface area contributed by atoms with E-state index in [1.54, 1.807) is 0 Å². The minimum Gasteiger partial charge on any atom is -0.481 e. The molecule has 0 aliphatic heterocycles. The summed E-state index contributed by atoms with van der Waals surface area (Å²) >= 11 is 3.33. The fraction of sp³-hybridized carbons (Fsp3) is 0.154. The van der Waals surface area contributed by atoms with Crippen molar-refractivity contribution in [1.82, 2.24) is 4.57 Å². The van der Waals surface area contributed by atoms with Gasteiger partial charge in [-0.05, 0) is 11.6 Å². The topological polar surface area (TPSA) is 42.2 Å². The molecule has 0 bridgehead atoms. The van der Waals surface area contributed by atoms with Gasteiger partial charge in [-0.2, -0.15) is 0 Å². The highest BCUT2D eigenvalue weighted by Gasteiger charge is 2.10. The Kier molecular flexibility index (Phi) is 3.33. The number of hydrogen-bond donors (Lipinski definition) is 1. The Labute approximate surface area is 107 Å². The number of carboxylic acids is 1. The predicted molar refractivity (Wildman–Crippen MR) is 71.3 cm³/mol. The van der Waals surface area contributed by atoms with Crippen LogP contribution in [0.25, 0.3) is 10.9 Å². The minimum atomic E-state index is -0.814. The number of rotatable bonds is 4. The number of aliphatic carboxylic acids is 1. The number of hydrogen-bond acceptors (Lipinski definition) is 1. The van der Waals surface area contributed by atoms with Gasteiger partial charge in [-0.1, -0.05) is 40.7 Å². The minimum absolute atomic E-state index is 0.0439. The van der Waals surface area contributed by atoms with Gasteiger partial charge in [0.25, 0.3) is 0 Å². The smallest absolute Gasteiger partial charge is 0.307 e. The van der Waals surface area contributed by atoms with Crippen molar-refractivity contribution in [2.24, 2.45) is 0 Å². The van der Waals surface area contributed by atoms with Crippen molar-refractivity contribution in [2.45, 2.75) is 13.0 Å². The van der Waals surface area contributed by atoms with E-state index in [1.165, 1.54) is 0 Å². The zero-order valence-electron chi connectivity index (χ0n) is 9.19. The molecule has 1 aromatic heterocycles. The summed E-state index contributed by atoms with van der Waals surface area (Å²) < 4.78 is 2.87. The lowest BCUT2D eigenvalue weighted by atomic mass is 10.1. The summed E-state index contributed by atoms with van der Waals surface area (Å²) in [4.78, 5) is 10.8. The molecule has 17 heavy (non-hydrogen) atoms. The second kappa shape index (κ2) is 4.75. The Bertz CT molecular complexity index is 536. The van der Waals surface area contributed by atoms with Crippen molar-refractivity contribution in [1.29, 1.82) is 0 Å². The normalized spacial score (nSPS) is 10.6. The number of allylic oxidation sites excluding steroid dienone is 1. The van der Waals surface area contributed by atoms with Crippen molar-refractivity contribution >= 4 is 32.8 Å². The number of halogens is 1. The van der Waals surface area contributed by atoms with Crippen LogP contribution in [0.1, 0.15) is 5.56 Å². The molecule has 0 saturated heterocycles. The van der Waals surface area contributed by atoms with Crippen LogP contribution in [0.3, 0.4) is 0 Å².